The van der Waals surface area contributed by atoms with E-state index in [1.807, 2.05) is 13.8 Å². The lowest BCUT2D eigenvalue weighted by molar-refractivity contribution is -0.143. The van der Waals surface area contributed by atoms with Crippen molar-refractivity contribution in [3.63, 3.8) is 0 Å². The third-order valence-corrected chi connectivity index (χ3v) is 10.4. The van der Waals surface area contributed by atoms with Gasteiger partial charge < -0.3 is 10.1 Å². The number of halogens is 6. The van der Waals surface area contributed by atoms with Crippen LogP contribution in [0.4, 0.5) is 26.3 Å². The summed E-state index contributed by atoms with van der Waals surface area (Å²) in [6, 6.07) is 15.9. The number of amides is 1. The molecule has 0 aliphatic carbocycles. The van der Waals surface area contributed by atoms with Gasteiger partial charge in [-0.3, -0.25) is 18.8 Å². The minimum absolute atomic E-state index is 0.0233. The Morgan fingerprint density at radius 2 is 1.27 bits per heavy atom. The van der Waals surface area contributed by atoms with Crippen molar-refractivity contribution >= 4 is 36.9 Å². The van der Waals surface area contributed by atoms with Gasteiger partial charge in [0.05, 0.1) is 29.8 Å². The number of methoxy groups -OCH3 is 1. The van der Waals surface area contributed by atoms with Gasteiger partial charge in [0.15, 0.2) is 0 Å². The van der Waals surface area contributed by atoms with Gasteiger partial charge in [0.1, 0.15) is 15.5 Å². The minimum Gasteiger partial charge on any atom is -0.496 e. The molecule has 0 spiro atoms. The van der Waals surface area contributed by atoms with Crippen LogP contribution >= 0.6 is 0 Å². The molecule has 1 fully saturated rings. The number of carbonyl (C=O) groups is 1. The van der Waals surface area contributed by atoms with Crippen LogP contribution in [0.2, 0.25) is 0 Å². The Morgan fingerprint density at radius 3 is 1.69 bits per heavy atom. The molecular formula is C34H34F6N2O8S2. The Balaban J connectivity index is 0.000000281. The zero-order valence-corrected chi connectivity index (χ0v) is 29.4. The van der Waals surface area contributed by atoms with Gasteiger partial charge >= 0.3 is 12.4 Å². The minimum atomic E-state index is -5.21. The second-order valence-electron chi connectivity index (χ2n) is 12.3. The highest BCUT2D eigenvalue weighted by Gasteiger charge is 2.44. The van der Waals surface area contributed by atoms with Crippen LogP contribution in [0, 0.1) is 0 Å². The summed E-state index contributed by atoms with van der Waals surface area (Å²) >= 11 is 0. The molecule has 0 unspecified atom stereocenters. The van der Waals surface area contributed by atoms with E-state index in [-0.39, 0.29) is 16.8 Å². The number of ether oxygens (including phenoxy) is 1. The Kier molecular flexibility index (Phi) is 11.7. The normalized spacial score (nSPS) is 15.1. The van der Waals surface area contributed by atoms with Gasteiger partial charge in [-0.1, -0.05) is 54.6 Å². The molecule has 1 aliphatic heterocycles. The van der Waals surface area contributed by atoms with E-state index in [9.17, 15) is 48.0 Å². The summed E-state index contributed by atoms with van der Waals surface area (Å²) in [4.78, 5) is 14.6. The van der Waals surface area contributed by atoms with E-state index < -0.39 is 82.3 Å². The summed E-state index contributed by atoms with van der Waals surface area (Å²) in [5.74, 6) is -1.97. The average molecular weight is 777 g/mol. The van der Waals surface area contributed by atoms with Gasteiger partial charge in [-0.25, -0.2) is 0 Å². The van der Waals surface area contributed by atoms with Crippen molar-refractivity contribution in [3.05, 3.63) is 101 Å². The molecule has 10 nitrogen and oxygen atoms in total. The number of benzene rings is 4. The second-order valence-corrected chi connectivity index (χ2v) is 15.1. The topological polar surface area (TPSA) is 150 Å². The van der Waals surface area contributed by atoms with Gasteiger partial charge in [-0.05, 0) is 69.6 Å². The lowest BCUT2D eigenvalue weighted by Gasteiger charge is -2.42. The van der Waals surface area contributed by atoms with Crippen LogP contribution in [0.5, 0.6) is 5.75 Å². The number of likely N-dealkylation sites (tertiary alicyclic amines) is 1. The van der Waals surface area contributed by atoms with E-state index in [0.717, 1.165) is 45.2 Å². The molecule has 0 aromatic heterocycles. The first kappa shape index (κ1) is 40.5. The molecule has 18 heteroatoms. The fourth-order valence-corrected chi connectivity index (χ4v) is 7.51. The maximum Gasteiger partial charge on any atom is 0.417 e. The zero-order valence-electron chi connectivity index (χ0n) is 27.8. The lowest BCUT2D eigenvalue weighted by atomic mass is 9.86. The molecule has 1 atom stereocenters. The number of carbonyl (C=O) groups excluding carboxylic acids is 1. The molecule has 1 saturated heterocycles. The molecule has 1 amide bonds. The molecule has 0 saturated carbocycles. The van der Waals surface area contributed by atoms with Crippen molar-refractivity contribution in [3.8, 4) is 5.75 Å². The quantitative estimate of drug-likeness (QED) is 0.123. The highest BCUT2D eigenvalue weighted by Crippen LogP contribution is 2.42. The maximum atomic E-state index is 13.8. The van der Waals surface area contributed by atoms with E-state index in [1.54, 1.807) is 30.3 Å². The highest BCUT2D eigenvalue weighted by atomic mass is 32.2. The average Bonchev–Trinajstić information content (AvgIpc) is 3.61. The summed E-state index contributed by atoms with van der Waals surface area (Å²) in [5, 5.41) is 2.72. The molecule has 282 valence electrons. The number of rotatable bonds is 8. The van der Waals surface area contributed by atoms with Gasteiger partial charge in [0.2, 0.25) is 0 Å². The van der Waals surface area contributed by atoms with Crippen LogP contribution in [-0.2, 0) is 32.6 Å². The predicted molar refractivity (Wildman–Crippen MR) is 178 cm³/mol. The van der Waals surface area contributed by atoms with Crippen molar-refractivity contribution in [1.29, 1.82) is 0 Å². The molecule has 52 heavy (non-hydrogen) atoms. The van der Waals surface area contributed by atoms with Crippen LogP contribution in [0.15, 0.2) is 88.7 Å². The Labute approximate surface area is 295 Å². The molecule has 0 radical (unpaired) electrons. The van der Waals surface area contributed by atoms with Gasteiger partial charge in [-0.2, -0.15) is 43.2 Å². The number of hydrogen-bond donors (Lipinski definition) is 3. The largest absolute Gasteiger partial charge is 0.496 e. The molecule has 0 bridgehead atoms. The van der Waals surface area contributed by atoms with E-state index in [0.29, 0.717) is 11.6 Å². The fraction of sp³-hybridized carbons (Fsp3) is 0.324. The molecule has 3 N–H and O–H groups in total. The summed E-state index contributed by atoms with van der Waals surface area (Å²) < 4.78 is 149. The zero-order chi connectivity index (χ0) is 38.9. The maximum absolute atomic E-state index is 13.8. The van der Waals surface area contributed by atoms with Crippen LogP contribution in [0.3, 0.4) is 0 Å². The molecule has 4 aromatic carbocycles. The number of nitrogens with one attached hydrogen (secondary N) is 1. The smallest absolute Gasteiger partial charge is 0.417 e. The van der Waals surface area contributed by atoms with Crippen LogP contribution in [0.25, 0.3) is 10.8 Å². The Hall–Kier alpha value is -4.23. The van der Waals surface area contributed by atoms with Crippen molar-refractivity contribution < 1.29 is 61.8 Å². The standard InChI is InChI=1S/C24H26F6N2O2.C10H8O6S2/c1-22(2,32-11-7-8-12-32)20(15-9-5-4-6-10-15)31-21(33)19-17(24(28,29)30)13-16(23(25,26)27)14-18(19)34-3;11-17(12,13)9-5-1-3-7-8(9)4-2-6-10(7)18(14,15)16/h4-6,9-10,13-14,20H,7-8,11-12H2,1-3H3,(H,31,33);1-6H,(H,11,12,13)(H,14,15,16)/t20-;/m1./s1. The molecule has 5 rings (SSSR count). The van der Waals surface area contributed by atoms with E-state index >= 15 is 0 Å². The first-order valence-corrected chi connectivity index (χ1v) is 18.3. The Morgan fingerprint density at radius 1 is 0.769 bits per heavy atom. The lowest BCUT2D eigenvalue weighted by Crippen LogP contribution is -2.53. The first-order chi connectivity index (χ1) is 24.0. The predicted octanol–water partition coefficient (Wildman–Crippen LogP) is 7.41. The highest BCUT2D eigenvalue weighted by molar-refractivity contribution is 7.86. The SMILES string of the molecule is COc1cc(C(F)(F)F)cc(C(F)(F)F)c1C(=O)N[C@H](c1ccccc1)C(C)(C)N1CCCC1.O=S(=O)(O)c1cccc2c(S(=O)(=O)O)cccc12. The number of hydrogen-bond acceptors (Lipinski definition) is 7. The molecule has 4 aromatic rings. The number of fused-ring (bicyclic) bond motifs is 1. The molecule has 1 heterocycles. The van der Waals surface area contributed by atoms with Crippen LogP contribution in [0.1, 0.15) is 59.8 Å². The number of nitrogens with zero attached hydrogens (tertiary/aromatic N) is 1. The third-order valence-electron chi connectivity index (χ3n) is 8.62. The van der Waals surface area contributed by atoms with E-state index in [1.165, 1.54) is 24.3 Å². The van der Waals surface area contributed by atoms with E-state index in [2.05, 4.69) is 10.2 Å². The first-order valence-electron chi connectivity index (χ1n) is 15.4. The van der Waals surface area contributed by atoms with Gasteiger partial charge in [0, 0.05) is 16.3 Å². The van der Waals surface area contributed by atoms with E-state index in [4.69, 9.17) is 13.8 Å². The van der Waals surface area contributed by atoms with Crippen molar-refractivity contribution in [2.45, 2.75) is 60.4 Å². The third kappa shape index (κ3) is 9.03. The summed E-state index contributed by atoms with van der Waals surface area (Å²) in [6.45, 7) is 5.27. The summed E-state index contributed by atoms with van der Waals surface area (Å²) in [6.07, 6.45) is -8.37. The monoisotopic (exact) mass is 776 g/mol. The van der Waals surface area contributed by atoms with Gasteiger partial charge in [0.25, 0.3) is 26.1 Å². The fourth-order valence-electron chi connectivity index (χ4n) is 6.09. The summed E-state index contributed by atoms with van der Waals surface area (Å²) in [7, 11) is -8.01. The van der Waals surface area contributed by atoms with Gasteiger partial charge in [-0.15, -0.1) is 0 Å². The second kappa shape index (κ2) is 15.0. The molecule has 1 aliphatic rings. The van der Waals surface area contributed by atoms with Crippen molar-refractivity contribution in [1.82, 2.24) is 10.2 Å². The summed E-state index contributed by atoms with van der Waals surface area (Å²) in [5.41, 5.74) is -4.27. The number of alkyl halides is 6. The van der Waals surface area contributed by atoms with Crippen LogP contribution < -0.4 is 10.1 Å². The Bertz CT molecular complexity index is 2080. The van der Waals surface area contributed by atoms with Crippen LogP contribution in [-0.4, -0.2) is 62.5 Å². The van der Waals surface area contributed by atoms with Crippen molar-refractivity contribution in [2.75, 3.05) is 20.2 Å². The van der Waals surface area contributed by atoms with Crippen molar-refractivity contribution in [2.24, 2.45) is 0 Å². The molecular weight excluding hydrogens is 743 g/mol.